The minimum atomic E-state index is -3.91. The van der Waals surface area contributed by atoms with Crippen LogP contribution in [-0.2, 0) is 28.0 Å². The molecule has 0 fully saturated rings. The van der Waals surface area contributed by atoms with Crippen LogP contribution in [0.2, 0.25) is 0 Å². The highest BCUT2D eigenvalue weighted by Crippen LogP contribution is 2.29. The van der Waals surface area contributed by atoms with Gasteiger partial charge in [-0.1, -0.05) is 50.2 Å². The van der Waals surface area contributed by atoms with Crippen molar-refractivity contribution in [2.45, 2.75) is 31.9 Å². The lowest BCUT2D eigenvalue weighted by Crippen LogP contribution is -2.40. The van der Waals surface area contributed by atoms with Crippen molar-refractivity contribution in [3.8, 4) is 11.5 Å². The van der Waals surface area contributed by atoms with Crippen molar-refractivity contribution in [3.63, 3.8) is 0 Å². The monoisotopic (exact) mass is 541 g/mol. The van der Waals surface area contributed by atoms with Crippen molar-refractivity contribution in [3.05, 3.63) is 94.0 Å². The van der Waals surface area contributed by atoms with Crippen LogP contribution in [0.3, 0.4) is 0 Å². The predicted octanol–water partition coefficient (Wildman–Crippen LogP) is 4.15. The van der Waals surface area contributed by atoms with Gasteiger partial charge in [0.25, 0.3) is 5.69 Å². The van der Waals surface area contributed by atoms with E-state index in [0.29, 0.717) is 18.1 Å². The second-order valence-corrected chi connectivity index (χ2v) is 10.6. The second-order valence-electron chi connectivity index (χ2n) is 8.82. The lowest BCUT2D eigenvalue weighted by atomic mass is 10.1. The number of sulfonamides is 1. The van der Waals surface area contributed by atoms with E-state index in [1.807, 2.05) is 36.4 Å². The molecule has 0 saturated carbocycles. The lowest BCUT2D eigenvalue weighted by molar-refractivity contribution is -0.384. The zero-order valence-electron chi connectivity index (χ0n) is 21.5. The fraction of sp³-hybridized carbons (Fsp3) is 0.296. The third-order valence-corrected chi connectivity index (χ3v) is 7.15. The topological polar surface area (TPSA) is 128 Å². The maximum atomic E-state index is 12.9. The van der Waals surface area contributed by atoms with E-state index in [9.17, 15) is 23.3 Å². The third kappa shape index (κ3) is 7.77. The van der Waals surface area contributed by atoms with Crippen LogP contribution in [0.1, 0.15) is 25.0 Å². The van der Waals surface area contributed by atoms with Gasteiger partial charge in [0.1, 0.15) is 6.61 Å². The average Bonchev–Trinajstić information content (AvgIpc) is 2.91. The van der Waals surface area contributed by atoms with Crippen molar-refractivity contribution >= 4 is 21.6 Å². The van der Waals surface area contributed by atoms with Gasteiger partial charge in [-0.2, -0.15) is 0 Å². The van der Waals surface area contributed by atoms with Gasteiger partial charge in [-0.15, -0.1) is 0 Å². The zero-order valence-corrected chi connectivity index (χ0v) is 22.3. The Bertz CT molecular complexity index is 1340. The number of amides is 1. The van der Waals surface area contributed by atoms with Gasteiger partial charge in [0.2, 0.25) is 15.9 Å². The molecule has 3 rings (SSSR count). The Kier molecular flexibility index (Phi) is 9.80. The number of hydrogen-bond acceptors (Lipinski definition) is 7. The number of non-ortho nitro benzene ring substituents is 1. The third-order valence-electron chi connectivity index (χ3n) is 5.68. The van der Waals surface area contributed by atoms with E-state index in [-0.39, 0.29) is 42.0 Å². The highest BCUT2D eigenvalue weighted by molar-refractivity contribution is 7.89. The molecule has 0 aromatic heterocycles. The number of nitro groups is 1. The number of ether oxygens (including phenoxy) is 2. The highest BCUT2D eigenvalue weighted by atomic mass is 32.2. The van der Waals surface area contributed by atoms with Crippen LogP contribution < -0.4 is 14.2 Å². The van der Waals surface area contributed by atoms with E-state index in [1.54, 1.807) is 38.0 Å². The van der Waals surface area contributed by atoms with Crippen LogP contribution in [0.25, 0.3) is 0 Å². The van der Waals surface area contributed by atoms with Crippen molar-refractivity contribution in [2.75, 3.05) is 20.2 Å². The van der Waals surface area contributed by atoms with Gasteiger partial charge < -0.3 is 14.4 Å². The number of carbonyl (C=O) groups excluding carboxylic acids is 1. The molecular weight excluding hydrogens is 510 g/mol. The molecule has 0 aliphatic carbocycles. The Morgan fingerprint density at radius 3 is 2.29 bits per heavy atom. The van der Waals surface area contributed by atoms with E-state index >= 15 is 0 Å². The van der Waals surface area contributed by atoms with Crippen LogP contribution in [0.4, 0.5) is 5.69 Å². The Morgan fingerprint density at radius 2 is 1.68 bits per heavy atom. The Labute approximate surface area is 222 Å². The molecule has 202 valence electrons. The number of benzene rings is 3. The SMILES string of the molecule is COc1cc(CN(CCNS(=O)(=O)c2ccc([N+](=O)[O-])cc2)C(=O)C(C)C)ccc1OCc1ccccc1. The molecule has 11 heteroatoms. The second kappa shape index (κ2) is 13.0. The molecule has 0 aliphatic rings. The first-order chi connectivity index (χ1) is 18.1. The molecule has 38 heavy (non-hydrogen) atoms. The first kappa shape index (κ1) is 28.6. The molecule has 10 nitrogen and oxygen atoms in total. The minimum Gasteiger partial charge on any atom is -0.493 e. The Hall–Kier alpha value is -3.96. The molecule has 0 saturated heterocycles. The number of carbonyl (C=O) groups is 1. The number of rotatable bonds is 13. The molecule has 0 spiro atoms. The number of nitro benzene ring substituents is 1. The van der Waals surface area contributed by atoms with Crippen LogP contribution in [0.15, 0.2) is 77.7 Å². The molecule has 1 amide bonds. The number of hydrogen-bond donors (Lipinski definition) is 1. The van der Waals surface area contributed by atoms with Gasteiger partial charge >= 0.3 is 0 Å². The summed E-state index contributed by atoms with van der Waals surface area (Å²) in [6, 6.07) is 19.8. The predicted molar refractivity (Wildman–Crippen MR) is 142 cm³/mol. The number of methoxy groups -OCH3 is 1. The smallest absolute Gasteiger partial charge is 0.269 e. The summed E-state index contributed by atoms with van der Waals surface area (Å²) < 4.78 is 39.1. The normalized spacial score (nSPS) is 11.3. The Balaban J connectivity index is 1.67. The highest BCUT2D eigenvalue weighted by Gasteiger charge is 2.20. The van der Waals surface area contributed by atoms with Crippen LogP contribution >= 0.6 is 0 Å². The zero-order chi connectivity index (χ0) is 27.7. The fourth-order valence-corrected chi connectivity index (χ4v) is 4.68. The van der Waals surface area contributed by atoms with Gasteiger partial charge in [-0.3, -0.25) is 14.9 Å². The van der Waals surface area contributed by atoms with E-state index in [0.717, 1.165) is 23.3 Å². The molecular formula is C27H31N3O7S. The first-order valence-corrected chi connectivity index (χ1v) is 13.5. The largest absolute Gasteiger partial charge is 0.493 e. The van der Waals surface area contributed by atoms with Crippen molar-refractivity contribution in [1.82, 2.24) is 9.62 Å². The van der Waals surface area contributed by atoms with Crippen LogP contribution in [-0.4, -0.2) is 44.3 Å². The van der Waals surface area contributed by atoms with Crippen molar-refractivity contribution in [1.29, 1.82) is 0 Å². The summed E-state index contributed by atoms with van der Waals surface area (Å²) in [4.78, 5) is 24.6. The average molecular weight is 542 g/mol. The standard InChI is InChI=1S/C27H31N3O7S/c1-20(2)27(31)29(16-15-28-38(34,35)24-12-10-23(11-13-24)30(32)33)18-22-9-14-25(26(17-22)36-3)37-19-21-7-5-4-6-8-21/h4-14,17,20,28H,15-16,18-19H2,1-3H3. The molecule has 0 aliphatic heterocycles. The van der Waals surface area contributed by atoms with Gasteiger partial charge in [0, 0.05) is 37.7 Å². The van der Waals surface area contributed by atoms with Crippen molar-refractivity contribution in [2.24, 2.45) is 5.92 Å². The summed E-state index contributed by atoms with van der Waals surface area (Å²) in [5.74, 6) is 0.659. The first-order valence-electron chi connectivity index (χ1n) is 12.0. The van der Waals surface area contributed by atoms with Gasteiger partial charge in [0.15, 0.2) is 11.5 Å². The molecule has 0 radical (unpaired) electrons. The van der Waals surface area contributed by atoms with E-state index < -0.39 is 14.9 Å². The summed E-state index contributed by atoms with van der Waals surface area (Å²) in [6.07, 6.45) is 0. The summed E-state index contributed by atoms with van der Waals surface area (Å²) in [5, 5.41) is 10.8. The van der Waals surface area contributed by atoms with E-state index in [2.05, 4.69) is 4.72 Å². The molecule has 3 aromatic carbocycles. The number of nitrogens with zero attached hydrogens (tertiary/aromatic N) is 2. The fourth-order valence-electron chi connectivity index (χ4n) is 3.66. The van der Waals surface area contributed by atoms with Crippen LogP contribution in [0, 0.1) is 16.0 Å². The molecule has 1 N–H and O–H groups in total. The summed E-state index contributed by atoms with van der Waals surface area (Å²) in [7, 11) is -2.37. The van der Waals surface area contributed by atoms with E-state index in [4.69, 9.17) is 9.47 Å². The maximum absolute atomic E-state index is 12.9. The quantitative estimate of drug-likeness (QED) is 0.254. The minimum absolute atomic E-state index is 0.0345. The maximum Gasteiger partial charge on any atom is 0.269 e. The molecule has 0 atom stereocenters. The summed E-state index contributed by atoms with van der Waals surface area (Å²) >= 11 is 0. The van der Waals surface area contributed by atoms with Gasteiger partial charge in [0.05, 0.1) is 16.9 Å². The van der Waals surface area contributed by atoms with Gasteiger partial charge in [-0.05, 0) is 35.4 Å². The lowest BCUT2D eigenvalue weighted by Gasteiger charge is -2.25. The summed E-state index contributed by atoms with van der Waals surface area (Å²) in [6.45, 7) is 4.26. The van der Waals surface area contributed by atoms with Crippen molar-refractivity contribution < 1.29 is 27.6 Å². The van der Waals surface area contributed by atoms with Crippen LogP contribution in [0.5, 0.6) is 11.5 Å². The molecule has 3 aromatic rings. The Morgan fingerprint density at radius 1 is 1.00 bits per heavy atom. The summed E-state index contributed by atoms with van der Waals surface area (Å²) in [5.41, 5.74) is 1.61. The van der Waals surface area contributed by atoms with E-state index in [1.165, 1.54) is 12.1 Å². The molecule has 0 bridgehead atoms. The van der Waals surface area contributed by atoms with Gasteiger partial charge in [-0.25, -0.2) is 13.1 Å². The molecule has 0 heterocycles. The molecule has 0 unspecified atom stereocenters. The number of nitrogens with one attached hydrogen (secondary N) is 1.